The highest BCUT2D eigenvalue weighted by atomic mass is 19.4. The fourth-order valence-electron chi connectivity index (χ4n) is 1.67. The Balaban J connectivity index is 2.19. The first kappa shape index (κ1) is 15.5. The molecule has 1 aromatic heterocycles. The Morgan fingerprint density at radius 2 is 1.82 bits per heavy atom. The molecule has 2 aromatic rings. The number of carboxylic acid groups (broad SMARTS) is 1. The minimum atomic E-state index is -4.85. The van der Waals surface area contributed by atoms with E-state index in [1.54, 1.807) is 0 Å². The molecule has 0 aliphatic rings. The maximum Gasteiger partial charge on any atom is 0.419 e. The topological polar surface area (TPSA) is 82.2 Å². The van der Waals surface area contributed by atoms with E-state index in [0.717, 1.165) is 18.3 Å². The van der Waals surface area contributed by atoms with E-state index in [0.29, 0.717) is 12.1 Å². The molecular formula is C13H8F4N2O3. The number of aromatic nitrogens is 1. The van der Waals surface area contributed by atoms with Gasteiger partial charge in [0.05, 0.1) is 11.1 Å². The second-order valence-electron chi connectivity index (χ2n) is 4.25. The van der Waals surface area contributed by atoms with Gasteiger partial charge in [-0.1, -0.05) is 0 Å². The lowest BCUT2D eigenvalue weighted by Crippen LogP contribution is -2.14. The van der Waals surface area contributed by atoms with Crippen LogP contribution in [-0.2, 0) is 6.18 Å². The molecule has 1 amide bonds. The van der Waals surface area contributed by atoms with Crippen molar-refractivity contribution in [3.63, 3.8) is 0 Å². The smallest absolute Gasteiger partial charge is 0.419 e. The molecule has 1 heterocycles. The minimum absolute atomic E-state index is 0.0164. The number of carboxylic acids is 1. The van der Waals surface area contributed by atoms with Gasteiger partial charge in [-0.05, 0) is 24.3 Å². The molecule has 0 atom stereocenters. The summed E-state index contributed by atoms with van der Waals surface area (Å²) in [7, 11) is 0. The summed E-state index contributed by atoms with van der Waals surface area (Å²) in [6, 6.07) is 2.85. The summed E-state index contributed by atoms with van der Waals surface area (Å²) in [4.78, 5) is 24.9. The van der Waals surface area contributed by atoms with Crippen molar-refractivity contribution in [1.82, 2.24) is 4.98 Å². The van der Waals surface area contributed by atoms with Crippen LogP contribution in [0.15, 0.2) is 30.5 Å². The largest absolute Gasteiger partial charge is 0.478 e. The third-order valence-corrected chi connectivity index (χ3v) is 2.71. The van der Waals surface area contributed by atoms with Gasteiger partial charge in [0.2, 0.25) is 0 Å². The Morgan fingerprint density at radius 3 is 2.32 bits per heavy atom. The number of hydrogen-bond acceptors (Lipinski definition) is 2. The summed E-state index contributed by atoms with van der Waals surface area (Å²) in [5, 5.41) is 10.9. The zero-order valence-corrected chi connectivity index (χ0v) is 10.7. The zero-order chi connectivity index (χ0) is 16.5. The van der Waals surface area contributed by atoms with Crippen LogP contribution in [-0.4, -0.2) is 22.0 Å². The second kappa shape index (κ2) is 5.51. The van der Waals surface area contributed by atoms with Gasteiger partial charge < -0.3 is 15.4 Å². The van der Waals surface area contributed by atoms with Crippen molar-refractivity contribution >= 4 is 17.7 Å². The van der Waals surface area contributed by atoms with Gasteiger partial charge >= 0.3 is 12.1 Å². The van der Waals surface area contributed by atoms with E-state index < -0.39 is 29.4 Å². The summed E-state index contributed by atoms with van der Waals surface area (Å²) in [5.41, 5.74) is -1.93. The van der Waals surface area contributed by atoms with Gasteiger partial charge in [-0.2, -0.15) is 13.2 Å². The molecule has 0 radical (unpaired) electrons. The van der Waals surface area contributed by atoms with E-state index in [2.05, 4.69) is 10.3 Å². The highest BCUT2D eigenvalue weighted by Crippen LogP contribution is 2.31. The van der Waals surface area contributed by atoms with Gasteiger partial charge in [0.1, 0.15) is 11.6 Å². The van der Waals surface area contributed by atoms with Crippen LogP contribution in [0, 0.1) is 5.82 Å². The zero-order valence-electron chi connectivity index (χ0n) is 10.7. The number of nitrogens with one attached hydrogen (secondary N) is 2. The van der Waals surface area contributed by atoms with E-state index in [1.807, 2.05) is 0 Å². The Bertz CT molecular complexity index is 737. The first-order chi connectivity index (χ1) is 10.2. The van der Waals surface area contributed by atoms with E-state index >= 15 is 0 Å². The average Bonchev–Trinajstić information content (AvgIpc) is 2.85. The fourth-order valence-corrected chi connectivity index (χ4v) is 1.67. The molecule has 0 aliphatic heterocycles. The van der Waals surface area contributed by atoms with Crippen LogP contribution in [0.2, 0.25) is 0 Å². The summed E-state index contributed by atoms with van der Waals surface area (Å²) in [6.45, 7) is 0. The maximum atomic E-state index is 13.4. The number of anilines is 1. The molecule has 116 valence electrons. The molecule has 22 heavy (non-hydrogen) atoms. The van der Waals surface area contributed by atoms with Gasteiger partial charge in [0, 0.05) is 11.8 Å². The van der Waals surface area contributed by atoms with Crippen LogP contribution < -0.4 is 5.32 Å². The summed E-state index contributed by atoms with van der Waals surface area (Å²) in [6.07, 6.45) is -3.74. The van der Waals surface area contributed by atoms with Crippen molar-refractivity contribution in [3.05, 3.63) is 53.0 Å². The Morgan fingerprint density at radius 1 is 1.14 bits per heavy atom. The molecule has 0 saturated carbocycles. The number of benzene rings is 1. The Hall–Kier alpha value is -2.84. The molecule has 0 aliphatic carbocycles. The van der Waals surface area contributed by atoms with Crippen molar-refractivity contribution in [3.8, 4) is 0 Å². The standard InChI is InChI=1S/C13H8F4N2O3/c14-9-3-6(1-2-8(9)13(15,16)17)11(20)19-10-4-7(5-18-10)12(21)22/h1-5,18H,(H,19,20)(H,21,22). The molecular weight excluding hydrogens is 308 g/mol. The molecule has 0 saturated heterocycles. The lowest BCUT2D eigenvalue weighted by molar-refractivity contribution is -0.140. The van der Waals surface area contributed by atoms with Crippen LogP contribution in [0.1, 0.15) is 26.3 Å². The van der Waals surface area contributed by atoms with E-state index in [9.17, 15) is 27.2 Å². The predicted molar refractivity (Wildman–Crippen MR) is 67.1 cm³/mol. The first-order valence-electron chi connectivity index (χ1n) is 5.78. The Kier molecular flexibility index (Phi) is 3.89. The molecule has 0 fully saturated rings. The molecule has 0 unspecified atom stereocenters. The number of hydrogen-bond donors (Lipinski definition) is 3. The third-order valence-electron chi connectivity index (χ3n) is 2.71. The summed E-state index contributed by atoms with van der Waals surface area (Å²) >= 11 is 0. The number of H-pyrrole nitrogens is 1. The van der Waals surface area contributed by atoms with Crippen molar-refractivity contribution in [2.24, 2.45) is 0 Å². The number of alkyl halides is 3. The van der Waals surface area contributed by atoms with Crippen LogP contribution >= 0.6 is 0 Å². The van der Waals surface area contributed by atoms with E-state index in [-0.39, 0.29) is 16.9 Å². The number of aromatic carboxylic acids is 1. The quantitative estimate of drug-likeness (QED) is 0.761. The number of carbonyl (C=O) groups excluding carboxylic acids is 1. The van der Waals surface area contributed by atoms with Crippen molar-refractivity contribution in [1.29, 1.82) is 0 Å². The molecule has 0 bridgehead atoms. The summed E-state index contributed by atoms with van der Waals surface area (Å²) < 4.78 is 50.6. The number of rotatable bonds is 3. The van der Waals surface area contributed by atoms with Crippen LogP contribution in [0.25, 0.3) is 0 Å². The van der Waals surface area contributed by atoms with Crippen LogP contribution in [0.5, 0.6) is 0 Å². The van der Waals surface area contributed by atoms with Crippen molar-refractivity contribution in [2.75, 3.05) is 5.32 Å². The molecule has 2 rings (SSSR count). The van der Waals surface area contributed by atoms with Gasteiger partial charge in [0.25, 0.3) is 5.91 Å². The highest BCUT2D eigenvalue weighted by Gasteiger charge is 2.34. The predicted octanol–water partition coefficient (Wildman–Crippen LogP) is 3.12. The molecule has 9 heteroatoms. The first-order valence-corrected chi connectivity index (χ1v) is 5.78. The van der Waals surface area contributed by atoms with Crippen LogP contribution in [0.4, 0.5) is 23.4 Å². The van der Waals surface area contributed by atoms with Crippen molar-refractivity contribution < 1.29 is 32.3 Å². The number of carbonyl (C=O) groups is 2. The molecule has 1 aromatic carbocycles. The molecule has 3 N–H and O–H groups in total. The lowest BCUT2D eigenvalue weighted by Gasteiger charge is -2.09. The fraction of sp³-hybridized carbons (Fsp3) is 0.0769. The average molecular weight is 316 g/mol. The lowest BCUT2D eigenvalue weighted by atomic mass is 10.1. The van der Waals surface area contributed by atoms with Crippen molar-refractivity contribution in [2.45, 2.75) is 6.18 Å². The van der Waals surface area contributed by atoms with E-state index in [1.165, 1.54) is 0 Å². The van der Waals surface area contributed by atoms with Gasteiger partial charge in [0.15, 0.2) is 0 Å². The molecule has 0 spiro atoms. The SMILES string of the molecule is O=C(O)c1c[nH]c(NC(=O)c2ccc(C(F)(F)F)c(F)c2)c1. The number of halogens is 4. The monoisotopic (exact) mass is 316 g/mol. The minimum Gasteiger partial charge on any atom is -0.478 e. The van der Waals surface area contributed by atoms with E-state index in [4.69, 9.17) is 5.11 Å². The number of amides is 1. The third kappa shape index (κ3) is 3.25. The highest BCUT2D eigenvalue weighted by molar-refractivity contribution is 6.04. The Labute approximate surface area is 120 Å². The maximum absolute atomic E-state index is 13.4. The van der Waals surface area contributed by atoms with Gasteiger partial charge in [-0.15, -0.1) is 0 Å². The van der Waals surface area contributed by atoms with Gasteiger partial charge in [-0.25, -0.2) is 9.18 Å². The van der Waals surface area contributed by atoms with Gasteiger partial charge in [-0.3, -0.25) is 4.79 Å². The second-order valence-corrected chi connectivity index (χ2v) is 4.25. The molecule has 5 nitrogen and oxygen atoms in total. The summed E-state index contributed by atoms with van der Waals surface area (Å²) in [5.74, 6) is -3.66. The normalized spacial score (nSPS) is 11.3. The number of aromatic amines is 1. The van der Waals surface area contributed by atoms with Crippen LogP contribution in [0.3, 0.4) is 0 Å².